The van der Waals surface area contributed by atoms with Crippen LogP contribution in [-0.4, -0.2) is 88.4 Å². The molecule has 5 amide bonds. The van der Waals surface area contributed by atoms with Crippen molar-refractivity contribution in [3.63, 3.8) is 0 Å². The third-order valence-corrected chi connectivity index (χ3v) is 9.03. The van der Waals surface area contributed by atoms with E-state index in [1.54, 1.807) is 27.0 Å². The standard InChI is InChI=1S/C37H52N6O7/c1-8-49-24-13-14-26-22(18-24)15-16-38-32(26)50-25-19-27(39-20-25)33(46)43(28(17-21-9-10-21)29(44)31(45)40-23-11-12-23)34(47)30(36(2,3)4)41-35(48)42-37(5,6)7/h13-16,18,21,23,25,27-28,30,39H,8-12,17,19-20H2,1-7H3,(H,40,45)(H2,41,42,48)/t25-,27+,28+,30-/m1/s1. The van der Waals surface area contributed by atoms with Crippen molar-refractivity contribution in [3.05, 3.63) is 30.5 Å². The van der Waals surface area contributed by atoms with Gasteiger partial charge in [0.15, 0.2) is 0 Å². The molecule has 2 heterocycles. The molecule has 4 N–H and O–H groups in total. The highest BCUT2D eigenvalue weighted by Gasteiger charge is 2.49. The Labute approximate surface area is 294 Å². The zero-order valence-corrected chi connectivity index (χ0v) is 30.3. The Kier molecular flexibility index (Phi) is 11.0. The van der Waals surface area contributed by atoms with E-state index in [2.05, 4.69) is 26.3 Å². The molecule has 2 saturated carbocycles. The van der Waals surface area contributed by atoms with Gasteiger partial charge in [0.1, 0.15) is 23.9 Å². The first kappa shape index (κ1) is 37.0. The molecule has 1 saturated heterocycles. The molecule has 0 bridgehead atoms. The Bertz CT molecular complexity index is 1610. The first-order chi connectivity index (χ1) is 23.5. The molecule has 4 atom stereocenters. The number of imide groups is 1. The summed E-state index contributed by atoms with van der Waals surface area (Å²) in [4.78, 5) is 74.9. The van der Waals surface area contributed by atoms with Crippen LogP contribution in [0.3, 0.4) is 0 Å². The highest BCUT2D eigenvalue weighted by molar-refractivity contribution is 6.39. The van der Waals surface area contributed by atoms with Crippen molar-refractivity contribution in [2.75, 3.05) is 13.2 Å². The van der Waals surface area contributed by atoms with Crippen LogP contribution < -0.4 is 30.7 Å². The number of benzene rings is 1. The SMILES string of the molecule is CCOc1ccc2c(O[C@H]3CN[C@H](C(=O)N(C(=O)[C@@H](NC(=O)NC(C)(C)C)C(C)(C)C)[C@@H](CC4CC4)C(=O)C(=O)NC4CC4)C3)nccc2c1. The number of carbonyl (C=O) groups is 5. The molecule has 0 spiro atoms. The molecule has 1 aliphatic heterocycles. The third kappa shape index (κ3) is 9.49. The van der Waals surface area contributed by atoms with Gasteiger partial charge in [0, 0.05) is 36.1 Å². The van der Waals surface area contributed by atoms with E-state index in [0.29, 0.717) is 12.5 Å². The number of hydrogen-bond acceptors (Lipinski definition) is 9. The van der Waals surface area contributed by atoms with E-state index in [1.807, 2.05) is 52.0 Å². The molecule has 0 unspecified atom stereocenters. The summed E-state index contributed by atoms with van der Waals surface area (Å²) in [5, 5.41) is 13.2. The van der Waals surface area contributed by atoms with Crippen molar-refractivity contribution >= 4 is 40.3 Å². The minimum absolute atomic E-state index is 0.0826. The minimum Gasteiger partial charge on any atom is -0.494 e. The van der Waals surface area contributed by atoms with Gasteiger partial charge < -0.3 is 30.7 Å². The highest BCUT2D eigenvalue weighted by Crippen LogP contribution is 2.36. The molecule has 13 nitrogen and oxygen atoms in total. The van der Waals surface area contributed by atoms with Crippen LogP contribution in [0.1, 0.15) is 87.0 Å². The molecule has 3 aliphatic rings. The number of carbonyl (C=O) groups excluding carboxylic acids is 5. The molecular weight excluding hydrogens is 640 g/mol. The predicted octanol–water partition coefficient (Wildman–Crippen LogP) is 3.63. The van der Waals surface area contributed by atoms with Gasteiger partial charge >= 0.3 is 6.03 Å². The molecule has 272 valence electrons. The lowest BCUT2D eigenvalue weighted by molar-refractivity contribution is -0.157. The monoisotopic (exact) mass is 692 g/mol. The maximum atomic E-state index is 14.7. The van der Waals surface area contributed by atoms with E-state index in [0.717, 1.165) is 47.1 Å². The first-order valence-electron chi connectivity index (χ1n) is 17.8. The van der Waals surface area contributed by atoms with E-state index < -0.39 is 64.7 Å². The van der Waals surface area contributed by atoms with Crippen molar-refractivity contribution in [1.82, 2.24) is 31.2 Å². The topological polar surface area (TPSA) is 168 Å². The van der Waals surface area contributed by atoms with Crippen LogP contribution in [0.5, 0.6) is 11.6 Å². The van der Waals surface area contributed by atoms with Gasteiger partial charge in [0.05, 0.1) is 12.6 Å². The summed E-state index contributed by atoms with van der Waals surface area (Å²) < 4.78 is 11.9. The number of ketones is 1. The summed E-state index contributed by atoms with van der Waals surface area (Å²) in [6.45, 7) is 13.5. The largest absolute Gasteiger partial charge is 0.494 e. The van der Waals surface area contributed by atoms with E-state index in [-0.39, 0.29) is 31.3 Å². The summed E-state index contributed by atoms with van der Waals surface area (Å²) in [5.74, 6) is -1.78. The molecule has 0 radical (unpaired) electrons. The maximum absolute atomic E-state index is 14.7. The Hall–Kier alpha value is -4.26. The summed E-state index contributed by atoms with van der Waals surface area (Å²) in [6, 6.07) is 3.43. The number of urea groups is 1. The number of nitrogens with zero attached hydrogens (tertiary/aromatic N) is 2. The second kappa shape index (κ2) is 14.9. The van der Waals surface area contributed by atoms with E-state index >= 15 is 0 Å². The summed E-state index contributed by atoms with van der Waals surface area (Å²) in [5.41, 5.74) is -1.45. The number of Topliss-reactive ketones (excluding diaryl/α,β-unsaturated/α-hetero) is 1. The average Bonchev–Trinajstić information content (AvgIpc) is 3.97. The maximum Gasteiger partial charge on any atom is 0.315 e. The number of fused-ring (bicyclic) bond motifs is 1. The molecule has 2 aliphatic carbocycles. The van der Waals surface area contributed by atoms with Gasteiger partial charge in [-0.05, 0) is 87.9 Å². The summed E-state index contributed by atoms with van der Waals surface area (Å²) in [6.07, 6.45) is 4.76. The lowest BCUT2D eigenvalue weighted by atomic mass is 9.85. The van der Waals surface area contributed by atoms with Gasteiger partial charge in [0.2, 0.25) is 17.6 Å². The zero-order valence-electron chi connectivity index (χ0n) is 30.3. The number of amides is 5. The van der Waals surface area contributed by atoms with Crippen LogP contribution in [0, 0.1) is 11.3 Å². The Morgan fingerprint density at radius 1 is 1.02 bits per heavy atom. The second-order valence-electron chi connectivity index (χ2n) is 15.9. The molecule has 1 aromatic carbocycles. The van der Waals surface area contributed by atoms with Crippen LogP contribution in [0.25, 0.3) is 10.8 Å². The van der Waals surface area contributed by atoms with Crippen molar-refractivity contribution in [1.29, 1.82) is 0 Å². The van der Waals surface area contributed by atoms with Gasteiger partial charge in [0.25, 0.3) is 11.8 Å². The Morgan fingerprint density at radius 2 is 1.74 bits per heavy atom. The number of nitrogens with one attached hydrogen (secondary N) is 4. The molecule has 1 aromatic heterocycles. The number of ether oxygens (including phenoxy) is 2. The summed E-state index contributed by atoms with van der Waals surface area (Å²) >= 11 is 0. The van der Waals surface area contributed by atoms with Crippen molar-refractivity contribution in [3.8, 4) is 11.6 Å². The zero-order chi connectivity index (χ0) is 36.4. The third-order valence-electron chi connectivity index (χ3n) is 9.03. The molecule has 3 fully saturated rings. The number of aromatic nitrogens is 1. The Balaban J connectivity index is 1.42. The Morgan fingerprint density at radius 3 is 2.36 bits per heavy atom. The average molecular weight is 693 g/mol. The molecular formula is C37H52N6O7. The van der Waals surface area contributed by atoms with Crippen LogP contribution in [-0.2, 0) is 19.2 Å². The van der Waals surface area contributed by atoms with E-state index in [4.69, 9.17) is 9.47 Å². The van der Waals surface area contributed by atoms with Crippen molar-refractivity contribution in [2.45, 2.75) is 123 Å². The number of hydrogen-bond donors (Lipinski definition) is 4. The molecule has 2 aromatic rings. The van der Waals surface area contributed by atoms with Crippen LogP contribution in [0.4, 0.5) is 4.79 Å². The number of rotatable bonds is 13. The fraction of sp³-hybridized carbons (Fsp3) is 0.622. The van der Waals surface area contributed by atoms with E-state index in [1.165, 1.54) is 0 Å². The fourth-order valence-corrected chi connectivity index (χ4v) is 6.13. The highest BCUT2D eigenvalue weighted by atomic mass is 16.5. The normalized spacial score (nSPS) is 20.4. The lowest BCUT2D eigenvalue weighted by Crippen LogP contribution is -2.64. The van der Waals surface area contributed by atoms with Crippen molar-refractivity contribution in [2.24, 2.45) is 11.3 Å². The summed E-state index contributed by atoms with van der Waals surface area (Å²) in [7, 11) is 0. The smallest absolute Gasteiger partial charge is 0.315 e. The van der Waals surface area contributed by atoms with Crippen LogP contribution in [0.2, 0.25) is 0 Å². The van der Waals surface area contributed by atoms with Gasteiger partial charge in [-0.3, -0.25) is 24.1 Å². The van der Waals surface area contributed by atoms with Gasteiger partial charge in [-0.2, -0.15) is 0 Å². The molecule has 13 heteroatoms. The van der Waals surface area contributed by atoms with Gasteiger partial charge in [-0.1, -0.05) is 33.6 Å². The molecule has 50 heavy (non-hydrogen) atoms. The minimum atomic E-state index is -1.32. The number of pyridine rings is 1. The quantitative estimate of drug-likeness (QED) is 0.229. The predicted molar refractivity (Wildman–Crippen MR) is 188 cm³/mol. The van der Waals surface area contributed by atoms with Gasteiger partial charge in [-0.25, -0.2) is 9.78 Å². The lowest BCUT2D eigenvalue weighted by Gasteiger charge is -2.38. The molecule has 5 rings (SSSR count). The van der Waals surface area contributed by atoms with Crippen molar-refractivity contribution < 1.29 is 33.4 Å². The van der Waals surface area contributed by atoms with Crippen LogP contribution in [0.15, 0.2) is 30.5 Å². The first-order valence-corrected chi connectivity index (χ1v) is 17.8. The second-order valence-corrected chi connectivity index (χ2v) is 15.9. The van der Waals surface area contributed by atoms with Gasteiger partial charge in [-0.15, -0.1) is 0 Å². The fourth-order valence-electron chi connectivity index (χ4n) is 6.13. The van der Waals surface area contributed by atoms with Crippen LogP contribution >= 0.6 is 0 Å². The van der Waals surface area contributed by atoms with E-state index in [9.17, 15) is 24.0 Å².